The molecule has 1 unspecified atom stereocenters. The van der Waals surface area contributed by atoms with E-state index in [0.717, 1.165) is 5.56 Å². The largest absolute Gasteiger partial charge is 0.494 e. The molecule has 0 fully saturated rings. The van der Waals surface area contributed by atoms with Gasteiger partial charge in [0.2, 0.25) is 0 Å². The van der Waals surface area contributed by atoms with E-state index in [0.29, 0.717) is 11.3 Å². The van der Waals surface area contributed by atoms with Crippen LogP contribution < -0.4 is 15.8 Å². The summed E-state index contributed by atoms with van der Waals surface area (Å²) in [4.78, 5) is 16.5. The average molecular weight is 301 g/mol. The second-order valence-corrected chi connectivity index (χ2v) is 4.77. The van der Waals surface area contributed by atoms with E-state index >= 15 is 0 Å². The van der Waals surface area contributed by atoms with Crippen molar-refractivity contribution in [2.45, 2.75) is 6.04 Å². The van der Waals surface area contributed by atoms with Crippen LogP contribution in [0.4, 0.5) is 0 Å². The maximum Gasteiger partial charge on any atom is 0.255 e. The first-order valence-corrected chi connectivity index (χ1v) is 6.67. The van der Waals surface area contributed by atoms with Crippen molar-refractivity contribution in [3.05, 3.63) is 59.9 Å². The van der Waals surface area contributed by atoms with E-state index in [1.165, 1.54) is 19.5 Å². The first-order chi connectivity index (χ1) is 10.1. The number of hydrogen-bond donors (Lipinski definition) is 2. The lowest BCUT2D eigenvalue weighted by molar-refractivity contribution is 0.0943. The van der Waals surface area contributed by atoms with Crippen molar-refractivity contribution in [2.24, 2.45) is 5.73 Å². The number of nitrogens with two attached hydrogens (primary N) is 1. The second-order valence-electron chi connectivity index (χ2n) is 4.30. The molecule has 5 nitrogen and oxygen atoms in total. The van der Waals surface area contributed by atoms with Gasteiger partial charge in [0.05, 0.1) is 18.9 Å². The highest BCUT2D eigenvalue weighted by atomic mass is 32.1. The van der Waals surface area contributed by atoms with Gasteiger partial charge < -0.3 is 15.8 Å². The fraction of sp³-hybridized carbons (Fsp3) is 0.133. The van der Waals surface area contributed by atoms with Gasteiger partial charge in [-0.05, 0) is 11.6 Å². The number of nitrogens with zero attached hydrogens (tertiary/aromatic N) is 1. The smallest absolute Gasteiger partial charge is 0.255 e. The molecule has 1 aromatic carbocycles. The molecule has 0 aliphatic rings. The Morgan fingerprint density at radius 2 is 2.05 bits per heavy atom. The average Bonchev–Trinajstić information content (AvgIpc) is 2.52. The van der Waals surface area contributed by atoms with E-state index in [9.17, 15) is 4.79 Å². The van der Waals surface area contributed by atoms with E-state index in [-0.39, 0.29) is 10.9 Å². The van der Waals surface area contributed by atoms with Gasteiger partial charge in [-0.25, -0.2) is 0 Å². The minimum atomic E-state index is -0.536. The van der Waals surface area contributed by atoms with Gasteiger partial charge in [0.15, 0.2) is 0 Å². The predicted molar refractivity (Wildman–Crippen MR) is 84.2 cm³/mol. The third kappa shape index (κ3) is 3.55. The minimum absolute atomic E-state index is 0.197. The summed E-state index contributed by atoms with van der Waals surface area (Å²) in [5, 5.41) is 2.81. The van der Waals surface area contributed by atoms with Crippen molar-refractivity contribution >= 4 is 23.1 Å². The highest BCUT2D eigenvalue weighted by Gasteiger charge is 2.20. The van der Waals surface area contributed by atoms with Crippen molar-refractivity contribution in [2.75, 3.05) is 7.11 Å². The van der Waals surface area contributed by atoms with Gasteiger partial charge in [-0.3, -0.25) is 9.78 Å². The molecule has 0 bridgehead atoms. The van der Waals surface area contributed by atoms with Crippen LogP contribution in [-0.4, -0.2) is 23.0 Å². The molecule has 0 spiro atoms. The highest BCUT2D eigenvalue weighted by molar-refractivity contribution is 7.80. The summed E-state index contributed by atoms with van der Waals surface area (Å²) in [6, 6.07) is 10.4. The summed E-state index contributed by atoms with van der Waals surface area (Å²) in [5.74, 6) is 0.0701. The first-order valence-electron chi connectivity index (χ1n) is 6.26. The van der Waals surface area contributed by atoms with Crippen LogP contribution in [0.3, 0.4) is 0 Å². The lowest BCUT2D eigenvalue weighted by Gasteiger charge is -2.18. The number of pyridine rings is 1. The molecule has 3 N–H and O–H groups in total. The minimum Gasteiger partial charge on any atom is -0.494 e. The number of thiocarbonyl (C=S) groups is 1. The zero-order valence-corrected chi connectivity index (χ0v) is 12.3. The molecule has 0 saturated carbocycles. The van der Waals surface area contributed by atoms with Crippen LogP contribution >= 0.6 is 12.2 Å². The molecule has 2 aromatic rings. The Morgan fingerprint density at radius 1 is 1.33 bits per heavy atom. The number of nitrogens with one attached hydrogen (secondary N) is 1. The Kier molecular flexibility index (Phi) is 4.84. The molecule has 1 amide bonds. The number of aromatic nitrogens is 1. The number of hydrogen-bond acceptors (Lipinski definition) is 4. The standard InChI is InChI=1S/C15H15N3O2S/c1-20-12-9-17-8-7-11(12)15(19)18-13(14(16)21)10-5-3-2-4-6-10/h2-9,13H,1H3,(H2,16,21)(H,18,19). The zero-order valence-electron chi connectivity index (χ0n) is 11.4. The molecular formula is C15H15N3O2S. The molecule has 0 aliphatic heterocycles. The summed E-state index contributed by atoms with van der Waals surface area (Å²) >= 11 is 5.05. The van der Waals surface area contributed by atoms with Crippen molar-refractivity contribution in [3.63, 3.8) is 0 Å². The molecule has 0 aliphatic carbocycles. The number of ether oxygens (including phenoxy) is 1. The molecule has 0 radical (unpaired) electrons. The van der Waals surface area contributed by atoms with Crippen molar-refractivity contribution in [3.8, 4) is 5.75 Å². The Hall–Kier alpha value is -2.47. The SMILES string of the molecule is COc1cnccc1C(=O)NC(C(N)=S)c1ccccc1. The molecule has 6 heteroatoms. The lowest BCUT2D eigenvalue weighted by Crippen LogP contribution is -2.36. The molecular weight excluding hydrogens is 286 g/mol. The number of methoxy groups -OCH3 is 1. The second kappa shape index (κ2) is 6.81. The van der Waals surface area contributed by atoms with E-state index in [4.69, 9.17) is 22.7 Å². The molecule has 21 heavy (non-hydrogen) atoms. The Morgan fingerprint density at radius 3 is 2.67 bits per heavy atom. The first kappa shape index (κ1) is 14.9. The number of carbonyl (C=O) groups is 1. The van der Waals surface area contributed by atoms with Gasteiger partial charge in [0, 0.05) is 6.20 Å². The van der Waals surface area contributed by atoms with Gasteiger partial charge in [-0.15, -0.1) is 0 Å². The fourth-order valence-electron chi connectivity index (χ4n) is 1.90. The molecule has 108 valence electrons. The maximum atomic E-state index is 12.4. The fourth-order valence-corrected chi connectivity index (χ4v) is 2.10. The number of carbonyl (C=O) groups excluding carboxylic acids is 1. The van der Waals surface area contributed by atoms with E-state index in [1.54, 1.807) is 6.07 Å². The topological polar surface area (TPSA) is 77.2 Å². The Bertz CT molecular complexity index is 646. The highest BCUT2D eigenvalue weighted by Crippen LogP contribution is 2.18. The quantitative estimate of drug-likeness (QED) is 0.824. The van der Waals surface area contributed by atoms with Gasteiger partial charge in [0.25, 0.3) is 5.91 Å². The van der Waals surface area contributed by atoms with Crippen molar-refractivity contribution in [1.29, 1.82) is 0 Å². The van der Waals surface area contributed by atoms with Gasteiger partial charge in [-0.2, -0.15) is 0 Å². The van der Waals surface area contributed by atoms with Crippen LogP contribution in [0, 0.1) is 0 Å². The van der Waals surface area contributed by atoms with Crippen LogP contribution in [0.2, 0.25) is 0 Å². The summed E-state index contributed by atoms with van der Waals surface area (Å²) in [5.41, 5.74) is 6.94. The van der Waals surface area contributed by atoms with E-state index in [2.05, 4.69) is 10.3 Å². The van der Waals surface area contributed by atoms with Crippen molar-refractivity contribution in [1.82, 2.24) is 10.3 Å². The molecule has 2 rings (SSSR count). The van der Waals surface area contributed by atoms with Gasteiger partial charge in [-0.1, -0.05) is 42.5 Å². The van der Waals surface area contributed by atoms with Crippen LogP contribution in [0.5, 0.6) is 5.75 Å². The van der Waals surface area contributed by atoms with Gasteiger partial charge >= 0.3 is 0 Å². The summed E-state index contributed by atoms with van der Waals surface area (Å²) in [6.45, 7) is 0. The van der Waals surface area contributed by atoms with Crippen LogP contribution in [0.15, 0.2) is 48.8 Å². The molecule has 1 atom stereocenters. The normalized spacial score (nSPS) is 11.5. The molecule has 1 heterocycles. The summed E-state index contributed by atoms with van der Waals surface area (Å²) < 4.78 is 5.13. The number of rotatable bonds is 5. The van der Waals surface area contributed by atoms with Gasteiger partial charge in [0.1, 0.15) is 16.8 Å². The predicted octanol–water partition coefficient (Wildman–Crippen LogP) is 1.85. The maximum absolute atomic E-state index is 12.4. The Labute approximate surface area is 128 Å². The molecule has 0 saturated heterocycles. The monoisotopic (exact) mass is 301 g/mol. The van der Waals surface area contributed by atoms with Crippen LogP contribution in [0.25, 0.3) is 0 Å². The summed E-state index contributed by atoms with van der Waals surface area (Å²) in [7, 11) is 1.48. The third-order valence-electron chi connectivity index (χ3n) is 2.94. The van der Waals surface area contributed by atoms with E-state index in [1.807, 2.05) is 30.3 Å². The Balaban J connectivity index is 2.25. The van der Waals surface area contributed by atoms with Crippen LogP contribution in [0.1, 0.15) is 22.0 Å². The van der Waals surface area contributed by atoms with Crippen LogP contribution in [-0.2, 0) is 0 Å². The number of benzene rings is 1. The van der Waals surface area contributed by atoms with E-state index < -0.39 is 6.04 Å². The lowest BCUT2D eigenvalue weighted by atomic mass is 10.1. The van der Waals surface area contributed by atoms with Crippen molar-refractivity contribution < 1.29 is 9.53 Å². The number of amides is 1. The summed E-state index contributed by atoms with van der Waals surface area (Å²) in [6.07, 6.45) is 3.00. The third-order valence-corrected chi connectivity index (χ3v) is 3.18. The molecule has 1 aromatic heterocycles. The zero-order chi connectivity index (χ0) is 15.2.